The Labute approximate surface area is 167 Å². The summed E-state index contributed by atoms with van der Waals surface area (Å²) < 4.78 is 1.77. The first-order valence-corrected chi connectivity index (χ1v) is 9.31. The highest BCUT2D eigenvalue weighted by molar-refractivity contribution is 5.93. The number of nitrogens with two attached hydrogens (primary N) is 1. The van der Waals surface area contributed by atoms with Crippen LogP contribution in [0.4, 0.5) is 5.69 Å². The van der Waals surface area contributed by atoms with Gasteiger partial charge in [0.1, 0.15) is 0 Å². The molecule has 29 heavy (non-hydrogen) atoms. The highest BCUT2D eigenvalue weighted by Gasteiger charge is 2.17. The summed E-state index contributed by atoms with van der Waals surface area (Å²) in [5.74, 6) is 0. The van der Waals surface area contributed by atoms with Gasteiger partial charge in [0.05, 0.1) is 29.5 Å². The van der Waals surface area contributed by atoms with E-state index >= 15 is 0 Å². The molecular formula is C22H20N6O. The average Bonchev–Trinajstić information content (AvgIpc) is 3.14. The molecule has 4 rings (SSSR count). The summed E-state index contributed by atoms with van der Waals surface area (Å²) in [4.78, 5) is 15.9. The van der Waals surface area contributed by atoms with Gasteiger partial charge in [-0.05, 0) is 24.1 Å². The minimum Gasteiger partial charge on any atom is -0.325 e. The molecule has 0 saturated carbocycles. The van der Waals surface area contributed by atoms with Crippen LogP contribution in [0.1, 0.15) is 18.2 Å². The summed E-state index contributed by atoms with van der Waals surface area (Å²) >= 11 is 0. The predicted molar refractivity (Wildman–Crippen MR) is 114 cm³/mol. The second-order valence-corrected chi connectivity index (χ2v) is 6.81. The van der Waals surface area contributed by atoms with Crippen LogP contribution in [0.15, 0.2) is 47.4 Å². The van der Waals surface area contributed by atoms with Gasteiger partial charge in [0, 0.05) is 30.1 Å². The molecule has 0 saturated heterocycles. The minimum absolute atomic E-state index is 0.219. The van der Waals surface area contributed by atoms with Gasteiger partial charge in [-0.2, -0.15) is 10.2 Å². The van der Waals surface area contributed by atoms with Gasteiger partial charge in [0.15, 0.2) is 5.69 Å². The molecule has 4 aromatic rings. The van der Waals surface area contributed by atoms with E-state index in [0.29, 0.717) is 16.8 Å². The molecule has 2 aromatic heterocycles. The molecule has 0 fully saturated rings. The Morgan fingerprint density at radius 2 is 2.00 bits per heavy atom. The van der Waals surface area contributed by atoms with Gasteiger partial charge in [-0.25, -0.2) is 9.94 Å². The molecule has 0 aliphatic heterocycles. The molecule has 0 aliphatic rings. The van der Waals surface area contributed by atoms with E-state index in [-0.39, 0.29) is 12.1 Å². The van der Waals surface area contributed by atoms with Crippen LogP contribution in [0.5, 0.6) is 0 Å². The molecule has 0 aliphatic carbocycles. The molecule has 0 spiro atoms. The van der Waals surface area contributed by atoms with Crippen LogP contribution in [0, 0.1) is 6.57 Å². The van der Waals surface area contributed by atoms with E-state index < -0.39 is 0 Å². The van der Waals surface area contributed by atoms with Gasteiger partial charge in [-0.3, -0.25) is 9.48 Å². The number of benzene rings is 2. The first-order chi connectivity index (χ1) is 14.1. The Morgan fingerprint density at radius 1 is 1.17 bits per heavy atom. The number of aromatic nitrogens is 4. The number of nitrogens with one attached hydrogen (secondary N) is 1. The summed E-state index contributed by atoms with van der Waals surface area (Å²) in [5, 5.41) is 12.2. The van der Waals surface area contributed by atoms with E-state index in [2.05, 4.69) is 27.1 Å². The molecule has 0 atom stereocenters. The Hall–Kier alpha value is -3.76. The lowest BCUT2D eigenvalue weighted by molar-refractivity contribution is 0.776. The fourth-order valence-corrected chi connectivity index (χ4v) is 3.60. The Morgan fingerprint density at radius 3 is 2.72 bits per heavy atom. The summed E-state index contributed by atoms with van der Waals surface area (Å²) in [6.45, 7) is 9.91. The van der Waals surface area contributed by atoms with Crippen molar-refractivity contribution in [1.29, 1.82) is 0 Å². The van der Waals surface area contributed by atoms with Crippen molar-refractivity contribution in [2.24, 2.45) is 12.8 Å². The zero-order chi connectivity index (χ0) is 20.5. The van der Waals surface area contributed by atoms with Crippen LogP contribution in [-0.4, -0.2) is 20.0 Å². The van der Waals surface area contributed by atoms with E-state index in [1.165, 1.54) is 0 Å². The van der Waals surface area contributed by atoms with Gasteiger partial charge in [0.2, 0.25) is 0 Å². The molecule has 2 aromatic carbocycles. The summed E-state index contributed by atoms with van der Waals surface area (Å²) in [6, 6.07) is 11.5. The van der Waals surface area contributed by atoms with Crippen LogP contribution < -0.4 is 11.3 Å². The van der Waals surface area contributed by atoms with Crippen LogP contribution in [0.2, 0.25) is 0 Å². The van der Waals surface area contributed by atoms with Crippen molar-refractivity contribution in [1.82, 2.24) is 20.0 Å². The van der Waals surface area contributed by atoms with E-state index in [0.717, 1.165) is 39.8 Å². The van der Waals surface area contributed by atoms with Crippen molar-refractivity contribution in [3.63, 3.8) is 0 Å². The third-order valence-electron chi connectivity index (χ3n) is 5.16. The molecule has 0 unspecified atom stereocenters. The Balaban J connectivity index is 1.96. The van der Waals surface area contributed by atoms with E-state index in [9.17, 15) is 4.79 Å². The second kappa shape index (κ2) is 7.34. The van der Waals surface area contributed by atoms with E-state index in [1.807, 2.05) is 37.4 Å². The minimum atomic E-state index is -0.249. The van der Waals surface area contributed by atoms with Crippen LogP contribution in [0.25, 0.3) is 38.0 Å². The van der Waals surface area contributed by atoms with Gasteiger partial charge in [-0.1, -0.05) is 36.8 Å². The maximum Gasteiger partial charge on any atom is 0.272 e. The van der Waals surface area contributed by atoms with Gasteiger partial charge >= 0.3 is 0 Å². The van der Waals surface area contributed by atoms with Crippen molar-refractivity contribution < 1.29 is 0 Å². The van der Waals surface area contributed by atoms with E-state index in [1.54, 1.807) is 16.9 Å². The fraction of sp³-hybridized carbons (Fsp3) is 0.182. The molecule has 2 heterocycles. The number of hydrogen-bond acceptors (Lipinski definition) is 4. The maximum absolute atomic E-state index is 12.1. The van der Waals surface area contributed by atoms with E-state index in [4.69, 9.17) is 12.3 Å². The third-order valence-corrected chi connectivity index (χ3v) is 5.16. The van der Waals surface area contributed by atoms with Crippen molar-refractivity contribution in [3.8, 4) is 22.4 Å². The molecule has 0 radical (unpaired) electrons. The molecule has 3 N–H and O–H groups in total. The summed E-state index contributed by atoms with van der Waals surface area (Å²) in [7, 11) is 1.86. The lowest BCUT2D eigenvalue weighted by Crippen LogP contribution is -2.13. The quantitative estimate of drug-likeness (QED) is 0.526. The van der Waals surface area contributed by atoms with Crippen LogP contribution >= 0.6 is 0 Å². The topological polar surface area (TPSA) is 93.9 Å². The van der Waals surface area contributed by atoms with Gasteiger partial charge < -0.3 is 5.73 Å². The van der Waals surface area contributed by atoms with Crippen molar-refractivity contribution in [3.05, 3.63) is 75.6 Å². The number of aromatic amines is 1. The maximum atomic E-state index is 12.1. The zero-order valence-corrected chi connectivity index (χ0v) is 16.2. The zero-order valence-electron chi connectivity index (χ0n) is 16.2. The van der Waals surface area contributed by atoms with Crippen LogP contribution in [0.3, 0.4) is 0 Å². The van der Waals surface area contributed by atoms with Crippen molar-refractivity contribution >= 4 is 16.5 Å². The second-order valence-electron chi connectivity index (χ2n) is 6.81. The molecule has 144 valence electrons. The smallest absolute Gasteiger partial charge is 0.272 e. The predicted octanol–water partition coefficient (Wildman–Crippen LogP) is 3.56. The number of rotatable bonds is 4. The number of fused-ring (bicyclic) bond motifs is 1. The first-order valence-electron chi connectivity index (χ1n) is 9.31. The molecule has 7 heteroatoms. The Bertz CT molecular complexity index is 1330. The molecule has 0 bridgehead atoms. The molecule has 0 amide bonds. The number of H-pyrrole nitrogens is 1. The Kier molecular flexibility index (Phi) is 4.71. The third kappa shape index (κ3) is 3.10. The largest absolute Gasteiger partial charge is 0.325 e. The highest BCUT2D eigenvalue weighted by atomic mass is 16.1. The van der Waals surface area contributed by atoms with Crippen LogP contribution in [-0.2, 0) is 20.0 Å². The number of nitrogens with zero attached hydrogens (tertiary/aromatic N) is 4. The standard InChI is InChI=1S/C22H20N6O/c1-4-13-5-7-16(19(9-13)24-2)21-18(12-25-28(21)3)14-6-8-15-17(10-14)20(11-23)26-27-22(15)29/h5-10,12H,4,11,23H2,1,3H3,(H,27,29). The number of aryl methyl sites for hydroxylation is 2. The highest BCUT2D eigenvalue weighted by Crippen LogP contribution is 2.38. The monoisotopic (exact) mass is 384 g/mol. The fourth-order valence-electron chi connectivity index (χ4n) is 3.60. The van der Waals surface area contributed by atoms with Gasteiger partial charge in [0.25, 0.3) is 5.56 Å². The lowest BCUT2D eigenvalue weighted by Gasteiger charge is -2.11. The normalized spacial score (nSPS) is 11.0. The molecule has 7 nitrogen and oxygen atoms in total. The first kappa shape index (κ1) is 18.6. The van der Waals surface area contributed by atoms with Crippen molar-refractivity contribution in [2.45, 2.75) is 19.9 Å². The average molecular weight is 384 g/mol. The lowest BCUT2D eigenvalue weighted by atomic mass is 9.97. The summed E-state index contributed by atoms with van der Waals surface area (Å²) in [6.07, 6.45) is 2.65. The number of hydrogen-bond donors (Lipinski definition) is 2. The SMILES string of the molecule is [C-]#[N+]c1cc(CC)ccc1-c1c(-c2ccc3c(=O)[nH]nc(CN)c3c2)cnn1C. The summed E-state index contributed by atoms with van der Waals surface area (Å²) in [5.41, 5.74) is 11.3. The molecular weight excluding hydrogens is 364 g/mol. The van der Waals surface area contributed by atoms with Gasteiger partial charge in [-0.15, -0.1) is 0 Å². The van der Waals surface area contributed by atoms with Crippen molar-refractivity contribution in [2.75, 3.05) is 0 Å².